The molecule has 2 aromatic carbocycles. The minimum absolute atomic E-state index is 0. The first-order valence-corrected chi connectivity index (χ1v) is 10.5. The van der Waals surface area contributed by atoms with Gasteiger partial charge in [0.1, 0.15) is 0 Å². The fourth-order valence-electron chi connectivity index (χ4n) is 3.70. The number of nitrogens with one attached hydrogen (secondary N) is 1. The van der Waals surface area contributed by atoms with Crippen LogP contribution in [0.3, 0.4) is 0 Å². The number of guanidine groups is 2. The van der Waals surface area contributed by atoms with E-state index in [-0.39, 0.29) is 18.4 Å². The van der Waals surface area contributed by atoms with Gasteiger partial charge in [-0.3, -0.25) is 4.90 Å². The van der Waals surface area contributed by atoms with Gasteiger partial charge in [0.05, 0.1) is 0 Å². The average Bonchev–Trinajstić information content (AvgIpc) is 3.25. The predicted octanol–water partition coefficient (Wildman–Crippen LogP) is 4.61. The number of hydrogen-bond acceptors (Lipinski definition) is 6. The normalized spacial score (nSPS) is 18.6. The molecule has 0 radical (unpaired) electrons. The zero-order chi connectivity index (χ0) is 20.4. The molecular weight excluding hydrogens is 419 g/mol. The van der Waals surface area contributed by atoms with E-state index in [2.05, 4.69) is 56.3 Å². The van der Waals surface area contributed by atoms with Gasteiger partial charge in [0.15, 0.2) is 0 Å². The highest BCUT2D eigenvalue weighted by Gasteiger charge is 2.32. The molecule has 6 nitrogen and oxygen atoms in total. The van der Waals surface area contributed by atoms with Gasteiger partial charge in [-0.2, -0.15) is 4.99 Å². The maximum Gasteiger partial charge on any atom is 0.222 e. The number of aryl methyl sites for hydroxylation is 2. The second kappa shape index (κ2) is 9.58. The molecule has 1 fully saturated rings. The lowest BCUT2D eigenvalue weighted by atomic mass is 10.1. The third-order valence-corrected chi connectivity index (χ3v) is 5.82. The van der Waals surface area contributed by atoms with Crippen molar-refractivity contribution in [2.24, 2.45) is 15.7 Å². The molecular formula is C22H28Cl2N6. The van der Waals surface area contributed by atoms with Gasteiger partial charge in [-0.05, 0) is 61.6 Å². The van der Waals surface area contributed by atoms with Crippen molar-refractivity contribution >= 4 is 47.3 Å². The Labute approximate surface area is 189 Å². The van der Waals surface area contributed by atoms with E-state index in [9.17, 15) is 0 Å². The van der Waals surface area contributed by atoms with Crippen LogP contribution >= 0.6 is 24.0 Å². The predicted molar refractivity (Wildman–Crippen MR) is 129 cm³/mol. The first-order chi connectivity index (χ1) is 14.0. The van der Waals surface area contributed by atoms with Crippen molar-refractivity contribution in [1.82, 2.24) is 4.90 Å². The fourth-order valence-corrected chi connectivity index (χ4v) is 3.88. The van der Waals surface area contributed by atoms with Crippen LogP contribution < -0.4 is 16.0 Å². The number of likely N-dealkylation sites (tertiary alicyclic amines) is 1. The van der Waals surface area contributed by atoms with Crippen molar-refractivity contribution in [2.45, 2.75) is 39.4 Å². The standard InChI is InChI=1S/C22H27ClN6.ClH/c1-3-16-7-10-18(11-8-16)29-21(25-17-9-6-15(2)19(23)14-17)26-20(24)27-22(29)28-12-4-5-13-28;/h6-11,14,21,25H,3-5,12-13H2,1-2H3,(H2,24,26);1H. The average molecular weight is 447 g/mol. The molecule has 1 unspecified atom stereocenters. The molecule has 2 aliphatic rings. The number of halogens is 2. The summed E-state index contributed by atoms with van der Waals surface area (Å²) in [5.41, 5.74) is 10.4. The number of rotatable bonds is 4. The van der Waals surface area contributed by atoms with Gasteiger partial charge >= 0.3 is 0 Å². The zero-order valence-corrected chi connectivity index (χ0v) is 18.9. The molecule has 160 valence electrons. The molecule has 0 aromatic heterocycles. The highest BCUT2D eigenvalue weighted by Crippen LogP contribution is 2.27. The third kappa shape index (κ3) is 4.65. The first-order valence-electron chi connectivity index (χ1n) is 10.1. The number of hydrogen-bond donors (Lipinski definition) is 2. The molecule has 1 atom stereocenters. The summed E-state index contributed by atoms with van der Waals surface area (Å²) >= 11 is 6.33. The van der Waals surface area contributed by atoms with E-state index in [4.69, 9.17) is 17.3 Å². The lowest BCUT2D eigenvalue weighted by Crippen LogP contribution is -2.54. The Hall–Kier alpha value is -2.44. The molecule has 4 rings (SSSR count). The Morgan fingerprint density at radius 1 is 1.13 bits per heavy atom. The molecule has 3 N–H and O–H groups in total. The molecule has 8 heteroatoms. The molecule has 0 spiro atoms. The molecule has 0 aliphatic carbocycles. The van der Waals surface area contributed by atoms with Crippen LogP contribution in [-0.4, -0.2) is 36.2 Å². The van der Waals surface area contributed by atoms with E-state index in [1.807, 2.05) is 25.1 Å². The molecule has 30 heavy (non-hydrogen) atoms. The highest BCUT2D eigenvalue weighted by molar-refractivity contribution is 6.31. The lowest BCUT2D eigenvalue weighted by molar-refractivity contribution is 0.497. The van der Waals surface area contributed by atoms with E-state index >= 15 is 0 Å². The molecule has 2 aliphatic heterocycles. The van der Waals surface area contributed by atoms with Crippen molar-refractivity contribution in [3.8, 4) is 0 Å². The fraction of sp³-hybridized carbons (Fsp3) is 0.364. The van der Waals surface area contributed by atoms with Gasteiger partial charge in [-0.15, -0.1) is 12.4 Å². The van der Waals surface area contributed by atoms with Crippen LogP contribution in [0, 0.1) is 6.92 Å². The summed E-state index contributed by atoms with van der Waals surface area (Å²) in [6.07, 6.45) is 2.91. The Balaban J connectivity index is 0.00000256. The third-order valence-electron chi connectivity index (χ3n) is 5.41. The van der Waals surface area contributed by atoms with Crippen molar-refractivity contribution in [2.75, 3.05) is 23.3 Å². The van der Waals surface area contributed by atoms with Gasteiger partial charge in [-0.25, -0.2) is 4.99 Å². The lowest BCUT2D eigenvalue weighted by Gasteiger charge is -2.38. The maximum atomic E-state index is 6.33. The van der Waals surface area contributed by atoms with Crippen LogP contribution in [0.2, 0.25) is 5.02 Å². The molecule has 0 bridgehead atoms. The van der Waals surface area contributed by atoms with Crippen LogP contribution in [-0.2, 0) is 6.42 Å². The minimum atomic E-state index is -0.408. The topological polar surface area (TPSA) is 69.2 Å². The zero-order valence-electron chi connectivity index (χ0n) is 17.3. The van der Waals surface area contributed by atoms with E-state index in [1.165, 1.54) is 5.56 Å². The summed E-state index contributed by atoms with van der Waals surface area (Å²) in [6, 6.07) is 14.5. The van der Waals surface area contributed by atoms with Crippen molar-refractivity contribution < 1.29 is 0 Å². The molecule has 2 aromatic rings. The van der Waals surface area contributed by atoms with Gasteiger partial charge in [0.2, 0.25) is 18.2 Å². The van der Waals surface area contributed by atoms with E-state index in [0.29, 0.717) is 0 Å². The highest BCUT2D eigenvalue weighted by atomic mass is 35.5. The number of nitrogens with zero attached hydrogens (tertiary/aromatic N) is 4. The van der Waals surface area contributed by atoms with Gasteiger partial charge in [-0.1, -0.05) is 36.7 Å². The number of anilines is 2. The Morgan fingerprint density at radius 3 is 2.47 bits per heavy atom. The van der Waals surface area contributed by atoms with Crippen LogP contribution in [0.15, 0.2) is 52.4 Å². The molecule has 0 amide bonds. The maximum absolute atomic E-state index is 6.33. The van der Waals surface area contributed by atoms with Gasteiger partial charge in [0.25, 0.3) is 0 Å². The summed E-state index contributed by atoms with van der Waals surface area (Å²) in [4.78, 5) is 13.6. The monoisotopic (exact) mass is 446 g/mol. The van der Waals surface area contributed by atoms with E-state index in [1.54, 1.807) is 0 Å². The SMILES string of the molecule is CCc1ccc(N2C(N3CCCC3)=NC(N)=NC2Nc2ccc(C)c(Cl)c2)cc1.Cl. The van der Waals surface area contributed by atoms with Crippen LogP contribution in [0.4, 0.5) is 11.4 Å². The van der Waals surface area contributed by atoms with Gasteiger partial charge < -0.3 is 16.0 Å². The Bertz CT molecular complexity index is 935. The summed E-state index contributed by atoms with van der Waals surface area (Å²) in [5, 5.41) is 4.19. The van der Waals surface area contributed by atoms with Crippen molar-refractivity contribution in [3.63, 3.8) is 0 Å². The molecule has 0 saturated carbocycles. The second-order valence-electron chi connectivity index (χ2n) is 7.47. The summed E-state index contributed by atoms with van der Waals surface area (Å²) in [5.74, 6) is 1.12. The largest absolute Gasteiger partial charge is 0.368 e. The first kappa shape index (κ1) is 22.2. The van der Waals surface area contributed by atoms with Crippen LogP contribution in [0.5, 0.6) is 0 Å². The summed E-state index contributed by atoms with van der Waals surface area (Å²) in [6.45, 7) is 6.09. The van der Waals surface area contributed by atoms with Crippen molar-refractivity contribution in [1.29, 1.82) is 0 Å². The minimum Gasteiger partial charge on any atom is -0.368 e. The van der Waals surface area contributed by atoms with Crippen LogP contribution in [0.25, 0.3) is 0 Å². The van der Waals surface area contributed by atoms with Crippen molar-refractivity contribution in [3.05, 3.63) is 58.6 Å². The summed E-state index contributed by atoms with van der Waals surface area (Å²) < 4.78 is 0. The smallest absolute Gasteiger partial charge is 0.222 e. The molecule has 2 heterocycles. The van der Waals surface area contributed by atoms with Gasteiger partial charge in [0, 0.05) is 29.5 Å². The second-order valence-corrected chi connectivity index (χ2v) is 7.87. The van der Waals surface area contributed by atoms with E-state index < -0.39 is 6.29 Å². The van der Waals surface area contributed by atoms with E-state index in [0.717, 1.165) is 60.3 Å². The number of benzene rings is 2. The number of nitrogens with two attached hydrogens (primary N) is 1. The Kier molecular flexibility index (Phi) is 7.10. The summed E-state index contributed by atoms with van der Waals surface area (Å²) in [7, 11) is 0. The molecule has 1 saturated heterocycles. The number of aliphatic imine (C=N–C) groups is 2. The van der Waals surface area contributed by atoms with Crippen LogP contribution in [0.1, 0.15) is 30.9 Å². The Morgan fingerprint density at radius 2 is 1.83 bits per heavy atom. The quantitative estimate of drug-likeness (QED) is 0.718.